The molecule has 0 aliphatic carbocycles. The Morgan fingerprint density at radius 3 is 3.08 bits per heavy atom. The van der Waals surface area contributed by atoms with Crippen LogP contribution >= 0.6 is 15.9 Å². The second-order valence-corrected chi connectivity index (χ2v) is 2.76. The molecule has 3 heteroatoms. The monoisotopic (exact) mass is 244 g/mol. The molecule has 1 saturated heterocycles. The summed E-state index contributed by atoms with van der Waals surface area (Å²) >= 11 is 2.42. The van der Waals surface area contributed by atoms with Gasteiger partial charge < -0.3 is 9.47 Å². The molecule has 0 N–H and O–H groups in total. The number of hydrogen-bond acceptors (Lipinski definition) is 2. The van der Waals surface area contributed by atoms with Crippen molar-refractivity contribution < 1.29 is 20.4 Å². The Labute approximate surface area is 94.0 Å². The van der Waals surface area contributed by atoms with Gasteiger partial charge in [-0.05, 0) is 32.0 Å². The highest BCUT2D eigenvalue weighted by Crippen LogP contribution is 2.13. The van der Waals surface area contributed by atoms with E-state index in [1.165, 1.54) is 0 Å². The summed E-state index contributed by atoms with van der Waals surface area (Å²) in [5.74, 6) is 0. The zero-order valence-corrected chi connectivity index (χ0v) is 8.19. The van der Waals surface area contributed by atoms with Gasteiger partial charge in [-0.3, -0.25) is 0 Å². The first-order valence-corrected chi connectivity index (χ1v) is 4.60. The van der Waals surface area contributed by atoms with Crippen LogP contribution in [-0.4, -0.2) is 24.7 Å². The highest BCUT2D eigenvalue weighted by Gasteiger charge is 2.12. The van der Waals surface area contributed by atoms with Crippen molar-refractivity contribution in [1.82, 2.24) is 0 Å². The summed E-state index contributed by atoms with van der Waals surface area (Å²) in [4.78, 5) is 0. The SMILES string of the molecule is [2H]C([2H])(Br)C([2H])([2H])C([2H])([2H])C([2H])([2H])OC1CCCCO1. The molecule has 0 spiro atoms. The van der Waals surface area contributed by atoms with E-state index in [0.29, 0.717) is 13.0 Å². The van der Waals surface area contributed by atoms with Crippen LogP contribution in [0.1, 0.15) is 43.0 Å². The van der Waals surface area contributed by atoms with Gasteiger partial charge in [-0.1, -0.05) is 15.9 Å². The van der Waals surface area contributed by atoms with Crippen molar-refractivity contribution in [1.29, 1.82) is 0 Å². The Bertz CT molecular complexity index is 337. The molecule has 0 bridgehead atoms. The third-order valence-electron chi connectivity index (χ3n) is 1.49. The minimum atomic E-state index is -3.23. The first kappa shape index (κ1) is 3.87. The Hall–Kier alpha value is 0.400. The van der Waals surface area contributed by atoms with E-state index in [1.54, 1.807) is 0 Å². The normalized spacial score (nSPS) is 38.9. The fourth-order valence-corrected chi connectivity index (χ4v) is 1.05. The van der Waals surface area contributed by atoms with Crippen molar-refractivity contribution in [2.75, 3.05) is 18.4 Å². The van der Waals surface area contributed by atoms with Crippen LogP contribution in [0.5, 0.6) is 0 Å². The Kier molecular flexibility index (Phi) is 2.22. The number of rotatable bonds is 5. The predicted molar refractivity (Wildman–Crippen MR) is 52.6 cm³/mol. The van der Waals surface area contributed by atoms with Gasteiger partial charge >= 0.3 is 0 Å². The summed E-state index contributed by atoms with van der Waals surface area (Å²) in [6, 6.07) is 0. The second kappa shape index (κ2) is 6.87. The van der Waals surface area contributed by atoms with Crippen LogP contribution in [0.25, 0.3) is 0 Å². The largest absolute Gasteiger partial charge is 0.353 e. The average molecular weight is 245 g/mol. The molecule has 0 saturated carbocycles. The summed E-state index contributed by atoms with van der Waals surface area (Å²) < 4.78 is 70.5. The van der Waals surface area contributed by atoms with E-state index in [9.17, 15) is 0 Å². The summed E-state index contributed by atoms with van der Waals surface area (Å²) in [5.41, 5.74) is 0. The van der Waals surface area contributed by atoms with Gasteiger partial charge in [0.05, 0.1) is 2.74 Å². The van der Waals surface area contributed by atoms with Crippen LogP contribution in [0.3, 0.4) is 0 Å². The number of halogens is 1. The summed E-state index contributed by atoms with van der Waals surface area (Å²) in [6.07, 6.45) is -5.40. The van der Waals surface area contributed by atoms with E-state index < -0.39 is 30.9 Å². The van der Waals surface area contributed by atoms with Crippen LogP contribution in [0.15, 0.2) is 0 Å². The Balaban J connectivity index is 2.93. The summed E-state index contributed by atoms with van der Waals surface area (Å²) in [6.45, 7) is -2.67. The lowest BCUT2D eigenvalue weighted by atomic mass is 10.2. The highest BCUT2D eigenvalue weighted by atomic mass is 79.9. The number of alkyl halides is 1. The van der Waals surface area contributed by atoms with Gasteiger partial charge in [0.15, 0.2) is 6.29 Å². The molecule has 1 aliphatic rings. The van der Waals surface area contributed by atoms with E-state index in [0.717, 1.165) is 12.8 Å². The summed E-state index contributed by atoms with van der Waals surface area (Å²) in [7, 11) is 0. The second-order valence-electron chi connectivity index (χ2n) is 2.36. The van der Waals surface area contributed by atoms with Crippen molar-refractivity contribution in [2.24, 2.45) is 0 Å². The third-order valence-corrected chi connectivity index (χ3v) is 1.69. The Morgan fingerprint density at radius 2 is 2.42 bits per heavy atom. The zero-order valence-electron chi connectivity index (χ0n) is 14.6. The fourth-order valence-electron chi connectivity index (χ4n) is 0.948. The van der Waals surface area contributed by atoms with Crippen LogP contribution in [0, 0.1) is 0 Å². The topological polar surface area (TPSA) is 18.5 Å². The van der Waals surface area contributed by atoms with Crippen LogP contribution in [0.2, 0.25) is 0 Å². The third kappa shape index (κ3) is 4.43. The van der Waals surface area contributed by atoms with Gasteiger partial charge in [-0.15, -0.1) is 0 Å². The van der Waals surface area contributed by atoms with Crippen molar-refractivity contribution in [2.45, 2.75) is 38.3 Å². The first-order valence-electron chi connectivity index (χ1n) is 7.81. The standard InChI is InChI=1S/C9H17BrO2/c10-6-2-4-8-12-9-5-1-3-7-11-9/h9H,1-8H2/i2D2,4D2,6D2,8D2. The minimum absolute atomic E-state index is 0.371. The molecule has 2 nitrogen and oxygen atoms in total. The molecule has 1 aliphatic heterocycles. The fraction of sp³-hybridized carbons (Fsp3) is 1.00. The first-order chi connectivity index (χ1) is 8.83. The molecule has 0 amide bonds. The highest BCUT2D eigenvalue weighted by molar-refractivity contribution is 9.09. The molecule has 12 heavy (non-hydrogen) atoms. The van der Waals surface area contributed by atoms with Crippen LogP contribution in [-0.2, 0) is 9.47 Å². The maximum absolute atomic E-state index is 7.67. The van der Waals surface area contributed by atoms with Gasteiger partial charge in [-0.25, -0.2) is 0 Å². The minimum Gasteiger partial charge on any atom is -0.353 e. The molecular weight excluding hydrogens is 220 g/mol. The lowest BCUT2D eigenvalue weighted by molar-refractivity contribution is -0.162. The number of ether oxygens (including phenoxy) is 2. The van der Waals surface area contributed by atoms with Crippen LogP contribution in [0.4, 0.5) is 0 Å². The summed E-state index contributed by atoms with van der Waals surface area (Å²) in [5, 5.41) is -2.76. The van der Waals surface area contributed by atoms with E-state index in [1.807, 2.05) is 0 Å². The Morgan fingerprint density at radius 1 is 1.50 bits per heavy atom. The molecule has 1 unspecified atom stereocenters. The molecule has 1 heterocycles. The lowest BCUT2D eigenvalue weighted by Gasteiger charge is -2.22. The maximum atomic E-state index is 7.67. The van der Waals surface area contributed by atoms with E-state index in [2.05, 4.69) is 15.9 Å². The molecule has 0 aromatic carbocycles. The quantitative estimate of drug-likeness (QED) is 0.693. The molecule has 72 valence electrons. The zero-order chi connectivity index (χ0) is 15.8. The number of hydrogen-bond donors (Lipinski definition) is 0. The molecule has 0 aromatic heterocycles. The molecule has 1 rings (SSSR count). The smallest absolute Gasteiger partial charge is 0.157 e. The van der Waals surface area contributed by atoms with Crippen molar-refractivity contribution in [3.8, 4) is 0 Å². The van der Waals surface area contributed by atoms with Gasteiger partial charge in [-0.2, -0.15) is 0 Å². The maximum Gasteiger partial charge on any atom is 0.157 e. The van der Waals surface area contributed by atoms with Crippen molar-refractivity contribution in [3.05, 3.63) is 0 Å². The van der Waals surface area contributed by atoms with Gasteiger partial charge in [0.25, 0.3) is 0 Å². The molecule has 1 atom stereocenters. The van der Waals surface area contributed by atoms with Crippen molar-refractivity contribution >= 4 is 15.9 Å². The lowest BCUT2D eigenvalue weighted by Crippen LogP contribution is -2.22. The molecule has 0 aromatic rings. The van der Waals surface area contributed by atoms with Crippen LogP contribution < -0.4 is 0 Å². The van der Waals surface area contributed by atoms with E-state index in [4.69, 9.17) is 20.4 Å². The average Bonchev–Trinajstić information content (AvgIpc) is 2.27. The van der Waals surface area contributed by atoms with E-state index in [-0.39, 0.29) is 0 Å². The van der Waals surface area contributed by atoms with Crippen molar-refractivity contribution in [3.63, 3.8) is 0 Å². The van der Waals surface area contributed by atoms with E-state index >= 15 is 0 Å². The predicted octanol–water partition coefficient (Wildman–Crippen LogP) is 2.70. The van der Waals surface area contributed by atoms with Gasteiger partial charge in [0.1, 0.15) is 0 Å². The molecular formula is C9H17BrO2. The molecule has 1 fully saturated rings. The molecule has 0 radical (unpaired) electrons. The van der Waals surface area contributed by atoms with Gasteiger partial charge in [0.2, 0.25) is 0 Å². The van der Waals surface area contributed by atoms with Gasteiger partial charge in [0, 0.05) is 26.7 Å².